The molecule has 0 bridgehead atoms. The van der Waals surface area contributed by atoms with Crippen molar-refractivity contribution in [1.82, 2.24) is 4.98 Å². The lowest BCUT2D eigenvalue weighted by Crippen LogP contribution is -2.34. The summed E-state index contributed by atoms with van der Waals surface area (Å²) in [6, 6.07) is 18.2. The van der Waals surface area contributed by atoms with Crippen molar-refractivity contribution in [1.29, 1.82) is 0 Å². The van der Waals surface area contributed by atoms with Crippen LogP contribution in [0.5, 0.6) is 11.5 Å². The van der Waals surface area contributed by atoms with Crippen LogP contribution in [0.15, 0.2) is 95.3 Å². The molecule has 9 heteroatoms. The number of methoxy groups -OCH3 is 2. The molecule has 0 radical (unpaired) electrons. The summed E-state index contributed by atoms with van der Waals surface area (Å²) in [7, 11) is -1.45. The van der Waals surface area contributed by atoms with Crippen LogP contribution >= 0.6 is 0 Å². The molecule has 0 saturated carbocycles. The van der Waals surface area contributed by atoms with Gasteiger partial charge in [-0.3, -0.25) is 0 Å². The van der Waals surface area contributed by atoms with Gasteiger partial charge in [0.2, 0.25) is 0 Å². The fourth-order valence-corrected chi connectivity index (χ4v) is 3.85. The predicted octanol–water partition coefficient (Wildman–Crippen LogP) is 5.73. The number of benzene rings is 2. The van der Waals surface area contributed by atoms with Crippen molar-refractivity contribution in [3.8, 4) is 22.8 Å². The van der Waals surface area contributed by atoms with Crippen LogP contribution < -0.4 is 9.47 Å². The van der Waals surface area contributed by atoms with Crippen molar-refractivity contribution >= 4 is 18.6 Å². The van der Waals surface area contributed by atoms with Crippen LogP contribution in [0.2, 0.25) is 0 Å². The number of aromatic amines is 1. The maximum absolute atomic E-state index is 14.4. The van der Waals surface area contributed by atoms with Crippen molar-refractivity contribution in [2.45, 2.75) is 0 Å². The standard InChI is InChI=1S/C25H20BF2N2O4/c1-31-22-9-5-3-7-16(22)18-11-13-20(29-18)24-15-25(34-26(27,28)33-24)21-14-12-19(30-21)17-8-4-6-10-23(17)32-2/h3-15,29H,1-2H3/q-1. The van der Waals surface area contributed by atoms with Gasteiger partial charge in [-0.1, -0.05) is 24.3 Å². The molecule has 0 saturated heterocycles. The van der Waals surface area contributed by atoms with E-state index < -0.39 is 7.11 Å². The van der Waals surface area contributed by atoms with Crippen molar-refractivity contribution in [3.05, 3.63) is 102 Å². The number of H-pyrrole nitrogens is 1. The number of nitrogens with one attached hydrogen (secondary N) is 1. The van der Waals surface area contributed by atoms with Crippen LogP contribution in [0, 0.1) is 0 Å². The zero-order chi connectivity index (χ0) is 23.7. The van der Waals surface area contributed by atoms with Crippen LogP contribution in [0.4, 0.5) is 8.63 Å². The Bertz CT molecular complexity index is 1370. The highest BCUT2D eigenvalue weighted by molar-refractivity contribution is 6.53. The lowest BCUT2D eigenvalue weighted by Gasteiger charge is -2.34. The first kappa shape index (κ1) is 21.6. The maximum Gasteiger partial charge on any atom is 0.726 e. The average Bonchev–Trinajstić information content (AvgIpc) is 3.53. The highest BCUT2D eigenvalue weighted by atomic mass is 19.3. The average molecular weight is 461 g/mol. The molecular weight excluding hydrogens is 441 g/mol. The molecule has 3 aromatic rings. The second-order valence-electron chi connectivity index (χ2n) is 7.55. The summed E-state index contributed by atoms with van der Waals surface area (Å²) >= 11 is 0. The second kappa shape index (κ2) is 8.59. The van der Waals surface area contributed by atoms with Gasteiger partial charge in [0.25, 0.3) is 0 Å². The van der Waals surface area contributed by atoms with Crippen molar-refractivity contribution in [2.75, 3.05) is 14.2 Å². The van der Waals surface area contributed by atoms with Gasteiger partial charge in [0, 0.05) is 22.9 Å². The van der Waals surface area contributed by atoms with Crippen LogP contribution in [0.1, 0.15) is 11.3 Å². The molecule has 5 rings (SSSR count). The lowest BCUT2D eigenvalue weighted by atomic mass is 10.1. The van der Waals surface area contributed by atoms with E-state index in [2.05, 4.69) is 9.98 Å². The number of hydrogen-bond acceptors (Lipinski definition) is 5. The molecule has 1 N–H and O–H groups in total. The Morgan fingerprint density at radius 2 is 1.44 bits per heavy atom. The monoisotopic (exact) mass is 461 g/mol. The minimum atomic E-state index is -4.59. The molecule has 2 aliphatic heterocycles. The smallest absolute Gasteiger partial charge is 0.626 e. The number of para-hydroxylation sites is 2. The Morgan fingerprint density at radius 3 is 2.18 bits per heavy atom. The fourth-order valence-electron chi connectivity index (χ4n) is 3.85. The molecular formula is C25H20BF2N2O4-. The number of rotatable bonds is 5. The van der Waals surface area contributed by atoms with Gasteiger partial charge in [0.1, 0.15) is 28.7 Å². The largest absolute Gasteiger partial charge is 0.726 e. The van der Waals surface area contributed by atoms with E-state index >= 15 is 0 Å². The zero-order valence-corrected chi connectivity index (χ0v) is 18.4. The third-order valence-corrected chi connectivity index (χ3v) is 5.41. The summed E-state index contributed by atoms with van der Waals surface area (Å²) in [6.07, 6.45) is 4.76. The Labute approximate surface area is 194 Å². The first-order chi connectivity index (χ1) is 16.5. The van der Waals surface area contributed by atoms with Gasteiger partial charge in [-0.2, -0.15) is 0 Å². The molecule has 0 atom stereocenters. The van der Waals surface area contributed by atoms with Gasteiger partial charge in [-0.25, -0.2) is 4.99 Å². The Kier molecular flexibility index (Phi) is 5.45. The summed E-state index contributed by atoms with van der Waals surface area (Å²) in [5, 5.41) is 0. The van der Waals surface area contributed by atoms with Crippen LogP contribution in [0.25, 0.3) is 17.0 Å². The van der Waals surface area contributed by atoms with Crippen LogP contribution in [0.3, 0.4) is 0 Å². The van der Waals surface area contributed by atoms with Gasteiger partial charge in [0.05, 0.1) is 25.6 Å². The molecule has 2 aromatic carbocycles. The highest BCUT2D eigenvalue weighted by Gasteiger charge is 2.39. The van der Waals surface area contributed by atoms with E-state index in [4.69, 9.17) is 18.8 Å². The van der Waals surface area contributed by atoms with E-state index in [0.29, 0.717) is 28.6 Å². The van der Waals surface area contributed by atoms with E-state index in [0.717, 1.165) is 11.1 Å². The molecule has 34 heavy (non-hydrogen) atoms. The summed E-state index contributed by atoms with van der Waals surface area (Å²) in [6.45, 7) is 0. The minimum absolute atomic E-state index is 0.0470. The molecule has 0 amide bonds. The molecule has 172 valence electrons. The number of hydrogen-bond donors (Lipinski definition) is 1. The van der Waals surface area contributed by atoms with Crippen molar-refractivity contribution < 1.29 is 27.4 Å². The number of ether oxygens (including phenoxy) is 2. The predicted molar refractivity (Wildman–Crippen MR) is 127 cm³/mol. The molecule has 6 nitrogen and oxygen atoms in total. The van der Waals surface area contributed by atoms with Gasteiger partial charge in [0.15, 0.2) is 0 Å². The first-order valence-corrected chi connectivity index (χ1v) is 10.5. The van der Waals surface area contributed by atoms with Gasteiger partial charge < -0.3 is 32.4 Å². The number of allylic oxidation sites excluding steroid dienone is 3. The zero-order valence-electron chi connectivity index (χ0n) is 18.4. The third kappa shape index (κ3) is 4.08. The topological polar surface area (TPSA) is 65.1 Å². The lowest BCUT2D eigenvalue weighted by molar-refractivity contribution is 0.171. The highest BCUT2D eigenvalue weighted by Crippen LogP contribution is 2.36. The summed E-state index contributed by atoms with van der Waals surface area (Å²) in [4.78, 5) is 7.62. The van der Waals surface area contributed by atoms with E-state index in [1.54, 1.807) is 38.5 Å². The summed E-state index contributed by atoms with van der Waals surface area (Å²) in [5.41, 5.74) is 3.46. The molecule has 1 aromatic heterocycles. The Morgan fingerprint density at radius 1 is 0.794 bits per heavy atom. The van der Waals surface area contributed by atoms with Crippen LogP contribution in [-0.4, -0.2) is 32.0 Å². The van der Waals surface area contributed by atoms with E-state index in [9.17, 15) is 8.63 Å². The molecule has 3 heterocycles. The number of halogens is 2. The third-order valence-electron chi connectivity index (χ3n) is 5.41. The molecule has 0 unspecified atom stereocenters. The number of nitrogens with zero attached hydrogens (tertiary/aromatic N) is 1. The minimum Gasteiger partial charge on any atom is -0.626 e. The normalized spacial score (nSPS) is 18.6. The van der Waals surface area contributed by atoms with Gasteiger partial charge in [-0.15, -0.1) is 0 Å². The quantitative estimate of drug-likeness (QED) is 0.493. The van der Waals surface area contributed by atoms with Crippen molar-refractivity contribution in [2.24, 2.45) is 4.99 Å². The molecule has 0 aliphatic carbocycles. The molecule has 2 aliphatic rings. The number of aromatic nitrogens is 1. The Balaban J connectivity index is 1.52. The van der Waals surface area contributed by atoms with E-state index in [-0.39, 0.29) is 17.2 Å². The summed E-state index contributed by atoms with van der Waals surface area (Å²) in [5.74, 6) is 1.16. The fraction of sp³-hybridized carbons (Fsp3) is 0.0800. The van der Waals surface area contributed by atoms with Crippen LogP contribution in [-0.2, 0) is 9.31 Å². The van der Waals surface area contributed by atoms with Crippen molar-refractivity contribution in [3.63, 3.8) is 0 Å². The van der Waals surface area contributed by atoms with E-state index in [1.807, 2.05) is 48.5 Å². The van der Waals surface area contributed by atoms with E-state index in [1.165, 1.54) is 6.08 Å². The molecule has 0 fully saturated rings. The number of aliphatic imine (C=N–C) groups is 1. The van der Waals surface area contributed by atoms with Gasteiger partial charge >= 0.3 is 7.11 Å². The Hall–Kier alpha value is -4.27. The van der Waals surface area contributed by atoms with Gasteiger partial charge in [-0.05, 0) is 48.6 Å². The summed E-state index contributed by atoms with van der Waals surface area (Å²) < 4.78 is 49.4. The molecule has 0 spiro atoms. The maximum atomic E-state index is 14.4. The first-order valence-electron chi connectivity index (χ1n) is 10.5. The SMILES string of the molecule is COc1ccccc1C1=NC(=C2C=C(c3ccc(-c4ccccc4OC)[nH]3)O[B-](F)(F)O2)C=C1. The second-order valence-corrected chi connectivity index (χ2v) is 7.55.